The summed E-state index contributed by atoms with van der Waals surface area (Å²) in [5, 5.41) is 10.7. The zero-order valence-corrected chi connectivity index (χ0v) is 11.6. The van der Waals surface area contributed by atoms with Gasteiger partial charge in [-0.15, -0.1) is 0 Å². The van der Waals surface area contributed by atoms with Gasteiger partial charge in [0.1, 0.15) is 5.76 Å². The van der Waals surface area contributed by atoms with E-state index in [4.69, 9.17) is 9.52 Å². The molecule has 5 nitrogen and oxygen atoms in total. The fourth-order valence-corrected chi connectivity index (χ4v) is 1.29. The number of alkyl halides is 3. The largest absolute Gasteiger partial charge is 0.480 e. The Morgan fingerprint density at radius 3 is 2.25 bits per heavy atom. The summed E-state index contributed by atoms with van der Waals surface area (Å²) in [4.78, 5) is 14.7. The summed E-state index contributed by atoms with van der Waals surface area (Å²) >= 11 is 0. The van der Waals surface area contributed by atoms with Crippen molar-refractivity contribution in [2.45, 2.75) is 51.4 Å². The molecule has 2 N–H and O–H groups in total. The molecule has 0 amide bonds. The first-order chi connectivity index (χ1) is 8.88. The van der Waals surface area contributed by atoms with Crippen LogP contribution in [0.4, 0.5) is 13.2 Å². The van der Waals surface area contributed by atoms with Crippen molar-refractivity contribution in [3.63, 3.8) is 0 Å². The van der Waals surface area contributed by atoms with E-state index in [1.807, 2.05) is 26.1 Å². The molecule has 1 rings (SSSR count). The zero-order chi connectivity index (χ0) is 15.8. The number of hydrogen-bond acceptors (Lipinski definition) is 4. The first-order valence-corrected chi connectivity index (χ1v) is 5.88. The molecule has 0 aliphatic carbocycles. The summed E-state index contributed by atoms with van der Waals surface area (Å²) in [6, 6.07) is 0. The Labute approximate surface area is 114 Å². The van der Waals surface area contributed by atoms with E-state index in [-0.39, 0.29) is 11.3 Å². The topological polar surface area (TPSA) is 75.4 Å². The number of nitrogens with one attached hydrogen (secondary N) is 1. The molecule has 1 heterocycles. The Hall–Kier alpha value is -1.57. The fourth-order valence-electron chi connectivity index (χ4n) is 1.29. The summed E-state index contributed by atoms with van der Waals surface area (Å²) in [5.74, 6) is -1.49. The monoisotopic (exact) mass is 294 g/mol. The van der Waals surface area contributed by atoms with Crippen LogP contribution in [0.25, 0.3) is 0 Å². The number of oxazole rings is 1. The van der Waals surface area contributed by atoms with Crippen LogP contribution in [0.5, 0.6) is 0 Å². The van der Waals surface area contributed by atoms with E-state index in [0.29, 0.717) is 12.7 Å². The van der Waals surface area contributed by atoms with Gasteiger partial charge in [0.2, 0.25) is 11.4 Å². The van der Waals surface area contributed by atoms with E-state index in [1.165, 1.54) is 6.20 Å². The van der Waals surface area contributed by atoms with E-state index in [9.17, 15) is 18.0 Å². The summed E-state index contributed by atoms with van der Waals surface area (Å²) in [6.45, 7) is 5.72. The minimum Gasteiger partial charge on any atom is -0.480 e. The molecule has 0 aliphatic heterocycles. The van der Waals surface area contributed by atoms with Crippen molar-refractivity contribution >= 4 is 5.97 Å². The lowest BCUT2D eigenvalue weighted by Gasteiger charge is -2.28. The Balaban J connectivity index is 2.85. The third-order valence-corrected chi connectivity index (χ3v) is 2.88. The van der Waals surface area contributed by atoms with Gasteiger partial charge in [-0.1, -0.05) is 20.8 Å². The van der Waals surface area contributed by atoms with Gasteiger partial charge in [0, 0.05) is 5.41 Å². The SMILES string of the molecule is CC(C)(C)c1cnc(CNC(C)(C(=O)O)C(F)(F)F)o1. The van der Waals surface area contributed by atoms with Gasteiger partial charge in [-0.25, -0.2) is 9.78 Å². The highest BCUT2D eigenvalue weighted by atomic mass is 19.4. The molecule has 8 heteroatoms. The lowest BCUT2D eigenvalue weighted by molar-refractivity contribution is -0.206. The third kappa shape index (κ3) is 3.30. The molecule has 1 unspecified atom stereocenters. The molecule has 1 atom stereocenters. The number of aliphatic carboxylic acids is 1. The average molecular weight is 294 g/mol. The van der Waals surface area contributed by atoms with Crippen molar-refractivity contribution in [3.8, 4) is 0 Å². The molecular weight excluding hydrogens is 277 g/mol. The first-order valence-electron chi connectivity index (χ1n) is 5.88. The van der Waals surface area contributed by atoms with Crippen molar-refractivity contribution in [1.29, 1.82) is 0 Å². The molecular formula is C12H17F3N2O3. The van der Waals surface area contributed by atoms with Crippen LogP contribution in [-0.2, 0) is 16.8 Å². The smallest absolute Gasteiger partial charge is 0.417 e. The van der Waals surface area contributed by atoms with Crippen LogP contribution in [0.2, 0.25) is 0 Å². The van der Waals surface area contributed by atoms with Crippen molar-refractivity contribution in [1.82, 2.24) is 10.3 Å². The second-order valence-corrected chi connectivity index (χ2v) is 5.65. The van der Waals surface area contributed by atoms with Crippen LogP contribution in [0.1, 0.15) is 39.3 Å². The summed E-state index contributed by atoms with van der Waals surface area (Å²) in [6.07, 6.45) is -3.51. The van der Waals surface area contributed by atoms with Gasteiger partial charge in [0.05, 0.1) is 12.7 Å². The van der Waals surface area contributed by atoms with Crippen molar-refractivity contribution in [3.05, 3.63) is 17.8 Å². The van der Waals surface area contributed by atoms with Crippen LogP contribution < -0.4 is 5.32 Å². The average Bonchev–Trinajstić information content (AvgIpc) is 2.71. The molecule has 1 aromatic rings. The third-order valence-electron chi connectivity index (χ3n) is 2.88. The summed E-state index contributed by atoms with van der Waals surface area (Å²) in [5.41, 5.74) is -3.38. The second kappa shape index (κ2) is 5.08. The summed E-state index contributed by atoms with van der Waals surface area (Å²) in [7, 11) is 0. The van der Waals surface area contributed by atoms with Crippen LogP contribution in [0.15, 0.2) is 10.6 Å². The number of carboxylic acids is 1. The van der Waals surface area contributed by atoms with E-state index in [0.717, 1.165) is 0 Å². The fraction of sp³-hybridized carbons (Fsp3) is 0.667. The first kappa shape index (κ1) is 16.5. The highest BCUT2D eigenvalue weighted by Gasteiger charge is 2.57. The normalized spacial score (nSPS) is 15.9. The number of aromatic nitrogens is 1. The van der Waals surface area contributed by atoms with Gasteiger partial charge in [-0.05, 0) is 6.92 Å². The Kier molecular flexibility index (Phi) is 4.19. The molecule has 114 valence electrons. The van der Waals surface area contributed by atoms with Gasteiger partial charge in [0.25, 0.3) is 0 Å². The number of halogens is 3. The van der Waals surface area contributed by atoms with E-state index in [1.54, 1.807) is 0 Å². The van der Waals surface area contributed by atoms with E-state index >= 15 is 0 Å². The maximum Gasteiger partial charge on any atom is 0.417 e. The van der Waals surface area contributed by atoms with E-state index < -0.39 is 24.2 Å². The molecule has 0 saturated heterocycles. The number of nitrogens with zero attached hydrogens (tertiary/aromatic N) is 1. The van der Waals surface area contributed by atoms with Crippen molar-refractivity contribution in [2.24, 2.45) is 0 Å². The molecule has 20 heavy (non-hydrogen) atoms. The lowest BCUT2D eigenvalue weighted by Crippen LogP contribution is -2.59. The molecule has 0 aliphatic rings. The minimum absolute atomic E-state index is 0.00616. The number of hydrogen-bond donors (Lipinski definition) is 2. The minimum atomic E-state index is -4.93. The lowest BCUT2D eigenvalue weighted by atomic mass is 9.94. The van der Waals surface area contributed by atoms with Crippen molar-refractivity contribution < 1.29 is 27.5 Å². The van der Waals surface area contributed by atoms with Gasteiger partial charge in [-0.2, -0.15) is 13.2 Å². The van der Waals surface area contributed by atoms with Crippen LogP contribution >= 0.6 is 0 Å². The maximum absolute atomic E-state index is 12.8. The van der Waals surface area contributed by atoms with Crippen molar-refractivity contribution in [2.75, 3.05) is 0 Å². The number of rotatable bonds is 4. The van der Waals surface area contributed by atoms with E-state index in [2.05, 4.69) is 4.98 Å². The highest BCUT2D eigenvalue weighted by molar-refractivity contribution is 5.79. The molecule has 0 fully saturated rings. The van der Waals surface area contributed by atoms with Gasteiger partial charge >= 0.3 is 12.1 Å². The highest BCUT2D eigenvalue weighted by Crippen LogP contribution is 2.31. The quantitative estimate of drug-likeness (QED) is 0.892. The standard InChI is InChI=1S/C12H17F3N2O3/c1-10(2,3)7-5-16-8(20-7)6-17-11(4,9(18)19)12(13,14)15/h5,17H,6H2,1-4H3,(H,18,19). The second-order valence-electron chi connectivity index (χ2n) is 5.65. The molecule has 0 radical (unpaired) electrons. The summed E-state index contributed by atoms with van der Waals surface area (Å²) < 4.78 is 43.6. The molecule has 0 spiro atoms. The van der Waals surface area contributed by atoms with Crippen LogP contribution in [-0.4, -0.2) is 27.8 Å². The molecule has 0 saturated carbocycles. The molecule has 0 bridgehead atoms. The van der Waals surface area contributed by atoms with Gasteiger partial charge in [0.15, 0.2) is 0 Å². The Bertz CT molecular complexity index is 491. The van der Waals surface area contributed by atoms with Gasteiger partial charge in [-0.3, -0.25) is 5.32 Å². The Morgan fingerprint density at radius 2 is 1.90 bits per heavy atom. The molecule has 0 aromatic carbocycles. The van der Waals surface area contributed by atoms with Crippen LogP contribution in [0.3, 0.4) is 0 Å². The zero-order valence-electron chi connectivity index (χ0n) is 11.6. The number of carboxylic acid groups (broad SMARTS) is 1. The predicted molar refractivity (Wildman–Crippen MR) is 64.1 cm³/mol. The van der Waals surface area contributed by atoms with Gasteiger partial charge < -0.3 is 9.52 Å². The number of carbonyl (C=O) groups is 1. The molecule has 1 aromatic heterocycles. The predicted octanol–water partition coefficient (Wildman–Crippen LogP) is 2.47. The van der Waals surface area contributed by atoms with Crippen LogP contribution in [0, 0.1) is 0 Å². The maximum atomic E-state index is 12.8. The Morgan fingerprint density at radius 1 is 1.35 bits per heavy atom.